The fourth-order valence-corrected chi connectivity index (χ4v) is 1.21. The molecule has 0 heterocycles. The van der Waals surface area contributed by atoms with E-state index < -0.39 is 0 Å². The quantitative estimate of drug-likeness (QED) is 0.737. The van der Waals surface area contributed by atoms with Gasteiger partial charge in [0.15, 0.2) is 0 Å². The van der Waals surface area contributed by atoms with E-state index in [1.54, 1.807) is 13.2 Å². The number of ether oxygens (including phenoxy) is 1. The van der Waals surface area contributed by atoms with Gasteiger partial charge in [-0.25, -0.2) is 0 Å². The SMILES string of the molecule is COc1c(Cl)cccc1CN. The Balaban J connectivity index is 3.13. The van der Waals surface area contributed by atoms with Crippen LogP contribution in [0.3, 0.4) is 0 Å². The van der Waals surface area contributed by atoms with Crippen LogP contribution in [-0.4, -0.2) is 7.11 Å². The molecular weight excluding hydrogens is 162 g/mol. The Bertz CT molecular complexity index is 250. The second-order valence-electron chi connectivity index (χ2n) is 2.14. The smallest absolute Gasteiger partial charge is 0.141 e. The number of nitrogens with two attached hydrogens (primary N) is 1. The van der Waals surface area contributed by atoms with Gasteiger partial charge in [-0.2, -0.15) is 0 Å². The highest BCUT2D eigenvalue weighted by Crippen LogP contribution is 2.27. The standard InChI is InChI=1S/C8H10ClNO/c1-11-8-6(5-10)3-2-4-7(8)9/h2-4H,5,10H2,1H3. The summed E-state index contributed by atoms with van der Waals surface area (Å²) in [5.41, 5.74) is 6.39. The Morgan fingerprint density at radius 1 is 1.55 bits per heavy atom. The molecule has 0 unspecified atom stereocenters. The summed E-state index contributed by atoms with van der Waals surface area (Å²) in [7, 11) is 1.58. The van der Waals surface area contributed by atoms with Crippen molar-refractivity contribution < 1.29 is 4.74 Å². The van der Waals surface area contributed by atoms with Crippen LogP contribution < -0.4 is 10.5 Å². The Morgan fingerprint density at radius 2 is 2.27 bits per heavy atom. The van der Waals surface area contributed by atoms with E-state index in [0.29, 0.717) is 17.3 Å². The first-order valence-corrected chi connectivity index (χ1v) is 3.69. The van der Waals surface area contributed by atoms with Gasteiger partial charge in [0, 0.05) is 12.1 Å². The molecule has 0 aliphatic heterocycles. The highest BCUT2D eigenvalue weighted by atomic mass is 35.5. The third kappa shape index (κ3) is 1.64. The summed E-state index contributed by atoms with van der Waals surface area (Å²) in [6.45, 7) is 0.448. The van der Waals surface area contributed by atoms with Crippen molar-refractivity contribution in [1.82, 2.24) is 0 Å². The summed E-state index contributed by atoms with van der Waals surface area (Å²) < 4.78 is 5.06. The van der Waals surface area contributed by atoms with Crippen LogP contribution in [0.1, 0.15) is 5.56 Å². The first kappa shape index (κ1) is 8.37. The number of halogens is 1. The molecule has 0 aliphatic carbocycles. The van der Waals surface area contributed by atoms with Crippen molar-refractivity contribution in [3.8, 4) is 5.75 Å². The minimum atomic E-state index is 0.448. The van der Waals surface area contributed by atoms with Gasteiger partial charge in [0.1, 0.15) is 5.75 Å². The predicted octanol–water partition coefficient (Wildman–Crippen LogP) is 1.81. The highest BCUT2D eigenvalue weighted by Gasteiger charge is 2.03. The van der Waals surface area contributed by atoms with Crippen LogP contribution in [0.15, 0.2) is 18.2 Å². The third-order valence-electron chi connectivity index (χ3n) is 1.47. The van der Waals surface area contributed by atoms with Crippen molar-refractivity contribution in [1.29, 1.82) is 0 Å². The lowest BCUT2D eigenvalue weighted by molar-refractivity contribution is 0.410. The van der Waals surface area contributed by atoms with Gasteiger partial charge in [0.2, 0.25) is 0 Å². The molecular formula is C8H10ClNO. The van der Waals surface area contributed by atoms with E-state index >= 15 is 0 Å². The number of hydrogen-bond donors (Lipinski definition) is 1. The molecule has 1 aromatic carbocycles. The molecule has 0 saturated carbocycles. The molecule has 0 bridgehead atoms. The Labute approximate surface area is 70.9 Å². The topological polar surface area (TPSA) is 35.2 Å². The van der Waals surface area contributed by atoms with Crippen molar-refractivity contribution in [3.05, 3.63) is 28.8 Å². The van der Waals surface area contributed by atoms with E-state index in [1.807, 2.05) is 12.1 Å². The number of hydrogen-bond acceptors (Lipinski definition) is 2. The van der Waals surface area contributed by atoms with Crippen molar-refractivity contribution in [2.45, 2.75) is 6.54 Å². The lowest BCUT2D eigenvalue weighted by Crippen LogP contribution is -1.99. The summed E-state index contributed by atoms with van der Waals surface area (Å²) in [6.07, 6.45) is 0. The van der Waals surface area contributed by atoms with Crippen LogP contribution in [0, 0.1) is 0 Å². The second kappa shape index (κ2) is 3.60. The molecule has 60 valence electrons. The molecule has 0 atom stereocenters. The van der Waals surface area contributed by atoms with Crippen LogP contribution in [0.2, 0.25) is 5.02 Å². The number of benzene rings is 1. The maximum atomic E-state index is 5.83. The van der Waals surface area contributed by atoms with E-state index in [2.05, 4.69) is 0 Å². The van der Waals surface area contributed by atoms with E-state index in [9.17, 15) is 0 Å². The molecule has 0 fully saturated rings. The molecule has 0 amide bonds. The molecule has 2 N–H and O–H groups in total. The fourth-order valence-electron chi connectivity index (χ4n) is 0.943. The van der Waals surface area contributed by atoms with Gasteiger partial charge in [-0.15, -0.1) is 0 Å². The average molecular weight is 172 g/mol. The van der Waals surface area contributed by atoms with Gasteiger partial charge >= 0.3 is 0 Å². The average Bonchev–Trinajstić information content (AvgIpc) is 2.04. The highest BCUT2D eigenvalue weighted by molar-refractivity contribution is 6.32. The lowest BCUT2D eigenvalue weighted by Gasteiger charge is -2.06. The molecule has 1 rings (SSSR count). The Morgan fingerprint density at radius 3 is 2.73 bits per heavy atom. The van der Waals surface area contributed by atoms with Crippen LogP contribution in [0.4, 0.5) is 0 Å². The Hall–Kier alpha value is -0.730. The zero-order valence-electron chi connectivity index (χ0n) is 6.30. The van der Waals surface area contributed by atoms with Crippen molar-refractivity contribution in [2.24, 2.45) is 5.73 Å². The Kier molecular flexibility index (Phi) is 2.74. The summed E-state index contributed by atoms with van der Waals surface area (Å²) >= 11 is 5.83. The first-order valence-electron chi connectivity index (χ1n) is 3.31. The molecule has 0 saturated heterocycles. The lowest BCUT2D eigenvalue weighted by atomic mass is 10.2. The van der Waals surface area contributed by atoms with Gasteiger partial charge in [-0.3, -0.25) is 0 Å². The van der Waals surface area contributed by atoms with Gasteiger partial charge in [0.25, 0.3) is 0 Å². The van der Waals surface area contributed by atoms with Crippen molar-refractivity contribution in [2.75, 3.05) is 7.11 Å². The molecule has 0 spiro atoms. The van der Waals surface area contributed by atoms with Crippen LogP contribution >= 0.6 is 11.6 Å². The minimum Gasteiger partial charge on any atom is -0.495 e. The van der Waals surface area contributed by atoms with Crippen LogP contribution in [0.25, 0.3) is 0 Å². The fraction of sp³-hybridized carbons (Fsp3) is 0.250. The van der Waals surface area contributed by atoms with E-state index in [4.69, 9.17) is 22.1 Å². The van der Waals surface area contributed by atoms with E-state index in [-0.39, 0.29) is 0 Å². The number of rotatable bonds is 2. The van der Waals surface area contributed by atoms with Crippen LogP contribution in [0.5, 0.6) is 5.75 Å². The molecule has 0 radical (unpaired) electrons. The third-order valence-corrected chi connectivity index (χ3v) is 1.77. The summed E-state index contributed by atoms with van der Waals surface area (Å²) in [6, 6.07) is 5.53. The van der Waals surface area contributed by atoms with E-state index in [0.717, 1.165) is 5.56 Å². The summed E-state index contributed by atoms with van der Waals surface area (Å²) in [5.74, 6) is 0.677. The van der Waals surface area contributed by atoms with Gasteiger partial charge in [0.05, 0.1) is 12.1 Å². The maximum absolute atomic E-state index is 5.83. The first-order chi connectivity index (χ1) is 5.29. The number of para-hydroxylation sites is 1. The maximum Gasteiger partial charge on any atom is 0.141 e. The minimum absolute atomic E-state index is 0.448. The van der Waals surface area contributed by atoms with Crippen molar-refractivity contribution >= 4 is 11.6 Å². The second-order valence-corrected chi connectivity index (χ2v) is 2.54. The zero-order chi connectivity index (χ0) is 8.27. The molecule has 0 aromatic heterocycles. The summed E-state index contributed by atoms with van der Waals surface area (Å²) in [4.78, 5) is 0. The molecule has 11 heavy (non-hydrogen) atoms. The van der Waals surface area contributed by atoms with Crippen molar-refractivity contribution in [3.63, 3.8) is 0 Å². The normalized spacial score (nSPS) is 9.73. The predicted molar refractivity (Wildman–Crippen MR) is 45.9 cm³/mol. The van der Waals surface area contributed by atoms with Crippen LogP contribution in [-0.2, 0) is 6.54 Å². The van der Waals surface area contributed by atoms with Gasteiger partial charge in [-0.1, -0.05) is 23.7 Å². The monoisotopic (exact) mass is 171 g/mol. The molecule has 2 nitrogen and oxygen atoms in total. The van der Waals surface area contributed by atoms with Gasteiger partial charge in [-0.05, 0) is 6.07 Å². The molecule has 1 aromatic rings. The zero-order valence-corrected chi connectivity index (χ0v) is 7.06. The summed E-state index contributed by atoms with van der Waals surface area (Å²) in [5, 5.41) is 0.607. The number of methoxy groups -OCH3 is 1. The molecule has 0 aliphatic rings. The molecule has 3 heteroatoms. The van der Waals surface area contributed by atoms with E-state index in [1.165, 1.54) is 0 Å². The van der Waals surface area contributed by atoms with Gasteiger partial charge < -0.3 is 10.5 Å². The largest absolute Gasteiger partial charge is 0.495 e.